The largest absolute Gasteiger partial charge is 0.463 e. The first-order valence-electron chi connectivity index (χ1n) is 10.5. The van der Waals surface area contributed by atoms with Gasteiger partial charge in [0.2, 0.25) is 5.79 Å². The number of amides is 1. The molecule has 2 atom stereocenters. The molecule has 0 aromatic carbocycles. The molecule has 0 spiro atoms. The number of ether oxygens (including phenoxy) is 4. The van der Waals surface area contributed by atoms with Gasteiger partial charge in [-0.25, -0.2) is 14.2 Å². The number of rotatable bonds is 4. The van der Waals surface area contributed by atoms with E-state index >= 15 is 0 Å². The number of hydrogen-bond acceptors (Lipinski definition) is 9. The topological polar surface area (TPSA) is 129 Å². The van der Waals surface area contributed by atoms with Gasteiger partial charge in [-0.05, 0) is 34.0 Å². The van der Waals surface area contributed by atoms with Gasteiger partial charge in [-0.1, -0.05) is 0 Å². The molecule has 33 heavy (non-hydrogen) atoms. The van der Waals surface area contributed by atoms with Crippen molar-refractivity contribution in [3.8, 4) is 6.07 Å². The number of nitrogen functional groups attached to an aromatic ring is 1. The predicted octanol–water partition coefficient (Wildman–Crippen LogP) is 3.96. The van der Waals surface area contributed by atoms with Crippen molar-refractivity contribution in [1.29, 1.82) is 5.26 Å². The summed E-state index contributed by atoms with van der Waals surface area (Å²) in [5.74, 6) is 0.0234. The molecule has 0 aliphatic carbocycles. The van der Waals surface area contributed by atoms with Crippen molar-refractivity contribution < 1.29 is 28.5 Å². The first-order chi connectivity index (χ1) is 15.3. The standard InChI is InChI=1S/C22H30N4O6S/c1-8-29-19(27)25-10-12(15(24)13(25)9-23)16-18-17(30-22(5,6)31-18)14(11-33-7)26(16)20(28)32-21(2,3)4/h10,16,18H,8,11,24H2,1-7H3. The van der Waals surface area contributed by atoms with Gasteiger partial charge in [0.15, 0.2) is 11.5 Å². The summed E-state index contributed by atoms with van der Waals surface area (Å²) in [5, 5.41) is 9.67. The first-order valence-corrected chi connectivity index (χ1v) is 11.9. The van der Waals surface area contributed by atoms with E-state index in [2.05, 4.69) is 0 Å². The van der Waals surface area contributed by atoms with Crippen LogP contribution in [0.25, 0.3) is 0 Å². The van der Waals surface area contributed by atoms with E-state index in [0.29, 0.717) is 22.8 Å². The average Bonchev–Trinajstić information content (AvgIpc) is 3.27. The number of carbonyl (C=O) groups is 2. The fourth-order valence-corrected chi connectivity index (χ4v) is 4.45. The monoisotopic (exact) mass is 478 g/mol. The fraction of sp³-hybridized carbons (Fsp3) is 0.591. The van der Waals surface area contributed by atoms with Gasteiger partial charge in [0, 0.05) is 31.4 Å². The molecule has 2 N–H and O–H groups in total. The van der Waals surface area contributed by atoms with Gasteiger partial charge in [-0.2, -0.15) is 17.0 Å². The minimum Gasteiger partial charge on any atom is -0.463 e. The summed E-state index contributed by atoms with van der Waals surface area (Å²) in [6, 6.07) is 1.15. The first kappa shape index (κ1) is 24.8. The SMILES string of the molecule is CCOC(=O)n1cc(C2C3OC(C)(C)OC3=C(CSC)N2C(=O)OC(C)(C)C)c(N)c1C#N. The lowest BCUT2D eigenvalue weighted by molar-refractivity contribution is -0.145. The quantitative estimate of drug-likeness (QED) is 0.683. The van der Waals surface area contributed by atoms with Crippen molar-refractivity contribution in [3.05, 3.63) is 28.9 Å². The van der Waals surface area contributed by atoms with Crippen LogP contribution in [0.5, 0.6) is 0 Å². The van der Waals surface area contributed by atoms with Gasteiger partial charge in [-0.15, -0.1) is 0 Å². The highest BCUT2D eigenvalue weighted by Crippen LogP contribution is 2.51. The molecular formula is C22H30N4O6S. The Morgan fingerprint density at radius 3 is 2.55 bits per heavy atom. The molecule has 0 radical (unpaired) electrons. The van der Waals surface area contributed by atoms with Crippen LogP contribution in [0.15, 0.2) is 17.7 Å². The number of anilines is 1. The molecule has 1 aromatic rings. The van der Waals surface area contributed by atoms with E-state index in [1.807, 2.05) is 12.3 Å². The van der Waals surface area contributed by atoms with E-state index in [4.69, 9.17) is 24.7 Å². The van der Waals surface area contributed by atoms with Gasteiger partial charge in [0.1, 0.15) is 23.8 Å². The van der Waals surface area contributed by atoms with Crippen molar-refractivity contribution in [3.63, 3.8) is 0 Å². The molecule has 2 aliphatic rings. The Labute approximate surface area is 197 Å². The number of hydrogen-bond donors (Lipinski definition) is 1. The van der Waals surface area contributed by atoms with Crippen LogP contribution < -0.4 is 5.73 Å². The Morgan fingerprint density at radius 1 is 1.33 bits per heavy atom. The molecule has 1 fully saturated rings. The molecule has 3 heterocycles. The van der Waals surface area contributed by atoms with Crippen LogP contribution in [-0.2, 0) is 18.9 Å². The number of fused-ring (bicyclic) bond motifs is 1. The van der Waals surface area contributed by atoms with E-state index < -0.39 is 35.7 Å². The van der Waals surface area contributed by atoms with Crippen molar-refractivity contribution in [2.75, 3.05) is 24.3 Å². The summed E-state index contributed by atoms with van der Waals surface area (Å²) < 4.78 is 24.0. The maximum atomic E-state index is 13.4. The van der Waals surface area contributed by atoms with Gasteiger partial charge in [-0.3, -0.25) is 4.90 Å². The number of carbonyl (C=O) groups excluding carboxylic acids is 2. The molecule has 2 unspecified atom stereocenters. The Bertz CT molecular complexity index is 1030. The fourth-order valence-electron chi connectivity index (χ4n) is 3.90. The lowest BCUT2D eigenvalue weighted by atomic mass is 10.0. The molecule has 11 heteroatoms. The summed E-state index contributed by atoms with van der Waals surface area (Å²) in [6.07, 6.45) is 1.29. The van der Waals surface area contributed by atoms with Gasteiger partial charge >= 0.3 is 12.2 Å². The third-order valence-corrected chi connectivity index (χ3v) is 5.56. The van der Waals surface area contributed by atoms with Crippen LogP contribution in [0, 0.1) is 11.3 Å². The summed E-state index contributed by atoms with van der Waals surface area (Å²) in [6.45, 7) is 10.7. The maximum Gasteiger partial charge on any atom is 0.419 e. The zero-order valence-corrected chi connectivity index (χ0v) is 20.7. The second-order valence-corrected chi connectivity index (χ2v) is 9.97. The molecule has 1 aromatic heterocycles. The number of thioether (sulfide) groups is 1. The highest BCUT2D eigenvalue weighted by atomic mass is 32.2. The van der Waals surface area contributed by atoms with Crippen molar-refractivity contribution in [2.24, 2.45) is 0 Å². The van der Waals surface area contributed by atoms with E-state index in [1.165, 1.54) is 22.9 Å². The zero-order valence-electron chi connectivity index (χ0n) is 19.9. The van der Waals surface area contributed by atoms with Gasteiger partial charge in [0.25, 0.3) is 0 Å². The minimum atomic E-state index is -0.932. The van der Waals surface area contributed by atoms with Crippen molar-refractivity contribution in [1.82, 2.24) is 9.47 Å². The molecular weight excluding hydrogens is 448 g/mol. The van der Waals surface area contributed by atoms with E-state index in [-0.39, 0.29) is 18.0 Å². The number of aromatic nitrogens is 1. The van der Waals surface area contributed by atoms with Crippen LogP contribution >= 0.6 is 11.8 Å². The Balaban J connectivity index is 2.19. The third-order valence-electron chi connectivity index (χ3n) is 5.00. The Kier molecular flexibility index (Phi) is 6.64. The van der Waals surface area contributed by atoms with Gasteiger partial charge in [0.05, 0.1) is 18.0 Å². The lowest BCUT2D eigenvalue weighted by Gasteiger charge is -2.33. The molecule has 180 valence electrons. The second-order valence-electron chi connectivity index (χ2n) is 9.11. The molecule has 2 aliphatic heterocycles. The zero-order chi connectivity index (χ0) is 24.7. The summed E-state index contributed by atoms with van der Waals surface area (Å²) in [5.41, 5.74) is 6.53. The van der Waals surface area contributed by atoms with Crippen LogP contribution in [0.2, 0.25) is 0 Å². The van der Waals surface area contributed by atoms with Crippen LogP contribution in [0.4, 0.5) is 15.3 Å². The van der Waals surface area contributed by atoms with E-state index in [9.17, 15) is 14.9 Å². The number of nitrogens with zero attached hydrogens (tertiary/aromatic N) is 3. The van der Waals surface area contributed by atoms with Crippen molar-refractivity contribution >= 4 is 29.6 Å². The van der Waals surface area contributed by atoms with Crippen molar-refractivity contribution in [2.45, 2.75) is 65.1 Å². The number of nitriles is 1. The lowest BCUT2D eigenvalue weighted by Crippen LogP contribution is -2.40. The molecule has 1 amide bonds. The summed E-state index contributed by atoms with van der Waals surface area (Å²) >= 11 is 1.51. The van der Waals surface area contributed by atoms with Crippen LogP contribution in [-0.4, -0.2) is 57.8 Å². The van der Waals surface area contributed by atoms with Crippen LogP contribution in [0.1, 0.15) is 58.8 Å². The molecule has 10 nitrogen and oxygen atoms in total. The number of nitrogens with two attached hydrogens (primary N) is 1. The van der Waals surface area contributed by atoms with Gasteiger partial charge < -0.3 is 24.7 Å². The summed E-state index contributed by atoms with van der Waals surface area (Å²) in [7, 11) is 0. The third kappa shape index (κ3) is 4.63. The minimum absolute atomic E-state index is 0.0576. The molecule has 3 rings (SSSR count). The molecule has 1 saturated heterocycles. The predicted molar refractivity (Wildman–Crippen MR) is 122 cm³/mol. The van der Waals surface area contributed by atoms with E-state index in [1.54, 1.807) is 41.5 Å². The molecule has 0 bridgehead atoms. The maximum absolute atomic E-state index is 13.4. The Morgan fingerprint density at radius 2 is 2.00 bits per heavy atom. The second kappa shape index (κ2) is 8.83. The smallest absolute Gasteiger partial charge is 0.419 e. The van der Waals surface area contributed by atoms with Crippen LogP contribution in [0.3, 0.4) is 0 Å². The highest BCUT2D eigenvalue weighted by molar-refractivity contribution is 7.98. The Hall–Kier alpha value is -2.84. The molecule has 0 saturated carbocycles. The average molecular weight is 479 g/mol. The highest BCUT2D eigenvalue weighted by Gasteiger charge is 2.55. The summed E-state index contributed by atoms with van der Waals surface area (Å²) in [4.78, 5) is 27.3. The normalized spacial score (nSPS) is 21.5. The van der Waals surface area contributed by atoms with E-state index in [0.717, 1.165) is 4.57 Å².